The molecular weight excluding hydrogens is 278 g/mol. The van der Waals surface area contributed by atoms with Crippen LogP contribution in [0.5, 0.6) is 5.75 Å². The van der Waals surface area contributed by atoms with Crippen molar-refractivity contribution in [2.75, 3.05) is 0 Å². The normalized spacial score (nSPS) is 13.0. The smallest absolute Gasteiger partial charge is 0.252 e. The van der Waals surface area contributed by atoms with Gasteiger partial charge in [0.1, 0.15) is 18.4 Å². The van der Waals surface area contributed by atoms with E-state index in [1.54, 1.807) is 24.3 Å². The van der Waals surface area contributed by atoms with E-state index >= 15 is 0 Å². The second-order valence-electron chi connectivity index (χ2n) is 5.41. The van der Waals surface area contributed by atoms with Gasteiger partial charge >= 0.3 is 0 Å². The van der Waals surface area contributed by atoms with Crippen LogP contribution in [0.4, 0.5) is 0 Å². The minimum Gasteiger partial charge on any atom is -0.461 e. The summed E-state index contributed by atoms with van der Waals surface area (Å²) < 4.78 is 7.16. The van der Waals surface area contributed by atoms with E-state index in [-0.39, 0.29) is 5.78 Å². The van der Waals surface area contributed by atoms with Gasteiger partial charge in [0, 0.05) is 10.4 Å². The Morgan fingerprint density at radius 1 is 1.30 bits per heavy atom. The van der Waals surface area contributed by atoms with E-state index in [2.05, 4.69) is 10.1 Å². The van der Waals surface area contributed by atoms with E-state index in [9.17, 15) is 4.79 Å². The van der Waals surface area contributed by atoms with Crippen LogP contribution in [-0.4, -0.2) is 20.5 Å². The van der Waals surface area contributed by atoms with Gasteiger partial charge in [-0.1, -0.05) is 32.4 Å². The molecule has 6 heteroatoms. The molecule has 0 fully saturated rings. The van der Waals surface area contributed by atoms with Crippen LogP contribution in [0, 0.1) is 5.41 Å². The molecule has 0 radical (unpaired) electrons. The molecule has 5 nitrogen and oxygen atoms in total. The number of halogens is 1. The number of rotatable bonds is 4. The zero-order chi connectivity index (χ0) is 14.8. The molecule has 0 spiro atoms. The van der Waals surface area contributed by atoms with E-state index in [4.69, 9.17) is 16.3 Å². The number of hydrogen-bond donors (Lipinski definition) is 0. The van der Waals surface area contributed by atoms with Crippen molar-refractivity contribution >= 4 is 17.4 Å². The Labute approximate surface area is 122 Å². The number of carbonyl (C=O) groups is 1. The van der Waals surface area contributed by atoms with Gasteiger partial charge in [-0.15, -0.1) is 0 Å². The topological polar surface area (TPSA) is 57.0 Å². The van der Waals surface area contributed by atoms with Gasteiger partial charge in [-0.25, -0.2) is 9.67 Å². The summed E-state index contributed by atoms with van der Waals surface area (Å²) in [5.41, 5.74) is -0.553. The molecule has 1 atom stereocenters. The first-order valence-corrected chi connectivity index (χ1v) is 6.56. The van der Waals surface area contributed by atoms with Gasteiger partial charge in [0.05, 0.1) is 0 Å². The quantitative estimate of drug-likeness (QED) is 0.869. The highest BCUT2D eigenvalue weighted by Gasteiger charge is 2.33. The van der Waals surface area contributed by atoms with Crippen molar-refractivity contribution in [1.29, 1.82) is 0 Å². The fourth-order valence-electron chi connectivity index (χ4n) is 1.58. The minimum atomic E-state index is -0.848. The highest BCUT2D eigenvalue weighted by molar-refractivity contribution is 6.30. The Morgan fingerprint density at radius 2 is 1.95 bits per heavy atom. The van der Waals surface area contributed by atoms with Gasteiger partial charge in [-0.3, -0.25) is 4.79 Å². The zero-order valence-electron chi connectivity index (χ0n) is 11.6. The first-order valence-electron chi connectivity index (χ1n) is 6.18. The number of aromatic nitrogens is 3. The lowest BCUT2D eigenvalue weighted by Gasteiger charge is -2.25. The van der Waals surface area contributed by atoms with Crippen molar-refractivity contribution in [1.82, 2.24) is 14.8 Å². The molecule has 0 N–H and O–H groups in total. The van der Waals surface area contributed by atoms with Gasteiger partial charge < -0.3 is 4.74 Å². The van der Waals surface area contributed by atoms with E-state index in [0.717, 1.165) is 0 Å². The Hall–Kier alpha value is -1.88. The molecule has 1 aromatic carbocycles. The van der Waals surface area contributed by atoms with Crippen molar-refractivity contribution in [3.63, 3.8) is 0 Å². The standard InChI is InChI=1S/C14H16ClN3O2/c1-14(2,3)12(19)13(18-9-16-8-17-18)20-11-6-4-10(15)5-7-11/h4-9,13H,1-3H3/t13-/m0/s1. The van der Waals surface area contributed by atoms with Crippen LogP contribution in [-0.2, 0) is 4.79 Å². The number of nitrogens with zero attached hydrogens (tertiary/aromatic N) is 3. The van der Waals surface area contributed by atoms with E-state index < -0.39 is 11.6 Å². The van der Waals surface area contributed by atoms with Crippen molar-refractivity contribution < 1.29 is 9.53 Å². The van der Waals surface area contributed by atoms with Gasteiger partial charge in [0.25, 0.3) is 6.23 Å². The van der Waals surface area contributed by atoms with Crippen molar-refractivity contribution in [3.8, 4) is 5.75 Å². The number of carbonyl (C=O) groups excluding carboxylic acids is 1. The first kappa shape index (κ1) is 14.5. The summed E-state index contributed by atoms with van der Waals surface area (Å²) >= 11 is 5.83. The maximum absolute atomic E-state index is 12.5. The molecule has 0 bridgehead atoms. The number of ketones is 1. The largest absolute Gasteiger partial charge is 0.461 e. The predicted octanol–water partition coefficient (Wildman–Crippen LogP) is 3.12. The second kappa shape index (κ2) is 5.63. The molecule has 106 valence electrons. The summed E-state index contributed by atoms with van der Waals surface area (Å²) in [4.78, 5) is 16.4. The number of benzene rings is 1. The van der Waals surface area contributed by atoms with Crippen molar-refractivity contribution in [2.24, 2.45) is 5.41 Å². The van der Waals surface area contributed by atoms with E-state index in [1.807, 2.05) is 20.8 Å². The highest BCUT2D eigenvalue weighted by Crippen LogP contribution is 2.26. The third kappa shape index (κ3) is 3.36. The Kier molecular flexibility index (Phi) is 4.09. The summed E-state index contributed by atoms with van der Waals surface area (Å²) in [5, 5.41) is 4.61. The minimum absolute atomic E-state index is 0.0852. The second-order valence-corrected chi connectivity index (χ2v) is 5.85. The van der Waals surface area contributed by atoms with Crippen molar-refractivity contribution in [2.45, 2.75) is 27.0 Å². The zero-order valence-corrected chi connectivity index (χ0v) is 12.3. The van der Waals surface area contributed by atoms with Crippen molar-refractivity contribution in [3.05, 3.63) is 41.9 Å². The lowest BCUT2D eigenvalue weighted by Crippen LogP contribution is -2.34. The molecule has 0 aliphatic heterocycles. The summed E-state index contributed by atoms with van der Waals surface area (Å²) in [6.45, 7) is 5.51. The fourth-order valence-corrected chi connectivity index (χ4v) is 1.70. The highest BCUT2D eigenvalue weighted by atomic mass is 35.5. The third-order valence-electron chi connectivity index (χ3n) is 2.70. The number of Topliss-reactive ketones (excluding diaryl/α,β-unsaturated/α-hetero) is 1. The first-order chi connectivity index (χ1) is 9.38. The molecule has 2 rings (SSSR count). The van der Waals surface area contributed by atoms with Crippen LogP contribution in [0.3, 0.4) is 0 Å². The van der Waals surface area contributed by atoms with Gasteiger partial charge in [0.15, 0.2) is 0 Å². The number of ether oxygens (including phenoxy) is 1. The molecule has 2 aromatic rings. The molecule has 0 saturated carbocycles. The van der Waals surface area contributed by atoms with Gasteiger partial charge in [-0.05, 0) is 24.3 Å². The summed E-state index contributed by atoms with van der Waals surface area (Å²) in [6, 6.07) is 6.83. The molecule has 0 aliphatic rings. The summed E-state index contributed by atoms with van der Waals surface area (Å²) in [6.07, 6.45) is 1.98. The number of hydrogen-bond acceptors (Lipinski definition) is 4. The predicted molar refractivity (Wildman–Crippen MR) is 75.6 cm³/mol. The SMILES string of the molecule is CC(C)(C)C(=O)[C@H](Oc1ccc(Cl)cc1)n1cncn1. The molecule has 0 saturated heterocycles. The molecule has 0 amide bonds. The Balaban J connectivity index is 2.28. The lowest BCUT2D eigenvalue weighted by molar-refractivity contribution is -0.138. The van der Waals surface area contributed by atoms with Gasteiger partial charge in [0.2, 0.25) is 5.78 Å². The molecule has 1 aromatic heterocycles. The monoisotopic (exact) mass is 293 g/mol. The third-order valence-corrected chi connectivity index (χ3v) is 2.95. The van der Waals surface area contributed by atoms with Crippen LogP contribution in [0.15, 0.2) is 36.9 Å². The Bertz CT molecular complexity index is 573. The van der Waals surface area contributed by atoms with E-state index in [0.29, 0.717) is 10.8 Å². The average Bonchev–Trinajstić information content (AvgIpc) is 2.90. The van der Waals surface area contributed by atoms with Crippen LogP contribution in [0.25, 0.3) is 0 Å². The van der Waals surface area contributed by atoms with Crippen LogP contribution in [0.2, 0.25) is 5.02 Å². The fraction of sp³-hybridized carbons (Fsp3) is 0.357. The molecule has 0 aliphatic carbocycles. The van der Waals surface area contributed by atoms with Crippen LogP contribution < -0.4 is 4.74 Å². The van der Waals surface area contributed by atoms with Crippen LogP contribution >= 0.6 is 11.6 Å². The molecular formula is C14H16ClN3O2. The summed E-state index contributed by atoms with van der Waals surface area (Å²) in [7, 11) is 0. The van der Waals surface area contributed by atoms with Crippen LogP contribution in [0.1, 0.15) is 27.0 Å². The maximum Gasteiger partial charge on any atom is 0.252 e. The lowest BCUT2D eigenvalue weighted by atomic mass is 9.90. The molecule has 0 unspecified atom stereocenters. The van der Waals surface area contributed by atoms with E-state index in [1.165, 1.54) is 17.3 Å². The molecule has 1 heterocycles. The average molecular weight is 294 g/mol. The Morgan fingerprint density at radius 3 is 2.45 bits per heavy atom. The maximum atomic E-state index is 12.5. The molecule has 20 heavy (non-hydrogen) atoms. The summed E-state index contributed by atoms with van der Waals surface area (Å²) in [5.74, 6) is 0.463. The van der Waals surface area contributed by atoms with Gasteiger partial charge in [-0.2, -0.15) is 5.10 Å².